The van der Waals surface area contributed by atoms with Gasteiger partial charge in [0, 0.05) is 12.6 Å². The van der Waals surface area contributed by atoms with E-state index in [9.17, 15) is 4.79 Å². The first-order valence-corrected chi connectivity index (χ1v) is 6.61. The number of carbonyl (C=O) groups is 1. The molecule has 0 atom stereocenters. The van der Waals surface area contributed by atoms with Gasteiger partial charge in [-0.3, -0.25) is 4.79 Å². The standard InChI is InChI=1S/C13H26N2O/c1-3-5-7-8-10-12-14-15-13(16)11-9-6-4-2/h12H,3-11H2,1-2H3,(H,15,16)/b14-12+. The molecule has 0 rings (SSSR count). The van der Waals surface area contributed by atoms with Gasteiger partial charge in [0.15, 0.2) is 0 Å². The predicted octanol–water partition coefficient (Wildman–Crippen LogP) is 3.64. The Hall–Kier alpha value is -0.860. The zero-order valence-corrected chi connectivity index (χ0v) is 10.8. The summed E-state index contributed by atoms with van der Waals surface area (Å²) in [5.41, 5.74) is 2.56. The van der Waals surface area contributed by atoms with Crippen molar-refractivity contribution in [3.8, 4) is 0 Å². The number of amides is 1. The second kappa shape index (κ2) is 12.2. The van der Waals surface area contributed by atoms with E-state index in [-0.39, 0.29) is 5.91 Å². The maximum absolute atomic E-state index is 11.2. The number of hydrogen-bond donors (Lipinski definition) is 1. The van der Waals surface area contributed by atoms with E-state index in [4.69, 9.17) is 0 Å². The molecule has 0 aromatic heterocycles. The second-order valence-electron chi connectivity index (χ2n) is 4.15. The summed E-state index contributed by atoms with van der Waals surface area (Å²) in [7, 11) is 0. The molecular formula is C13H26N2O. The van der Waals surface area contributed by atoms with E-state index in [1.54, 1.807) is 0 Å². The number of unbranched alkanes of at least 4 members (excludes halogenated alkanes) is 6. The van der Waals surface area contributed by atoms with Gasteiger partial charge in [-0.1, -0.05) is 46.0 Å². The van der Waals surface area contributed by atoms with Gasteiger partial charge in [-0.15, -0.1) is 0 Å². The molecule has 0 aliphatic carbocycles. The number of rotatable bonds is 10. The van der Waals surface area contributed by atoms with Gasteiger partial charge < -0.3 is 0 Å². The summed E-state index contributed by atoms with van der Waals surface area (Å²) in [5, 5.41) is 3.92. The van der Waals surface area contributed by atoms with Crippen molar-refractivity contribution in [1.82, 2.24) is 5.43 Å². The Morgan fingerprint density at radius 2 is 1.75 bits per heavy atom. The van der Waals surface area contributed by atoms with Crippen LogP contribution in [0.4, 0.5) is 0 Å². The van der Waals surface area contributed by atoms with E-state index < -0.39 is 0 Å². The number of nitrogens with one attached hydrogen (secondary N) is 1. The molecule has 0 aromatic carbocycles. The molecule has 94 valence electrons. The molecule has 0 aromatic rings. The van der Waals surface area contributed by atoms with E-state index in [0.717, 1.165) is 25.7 Å². The van der Waals surface area contributed by atoms with Gasteiger partial charge >= 0.3 is 0 Å². The third-order valence-electron chi connectivity index (χ3n) is 2.47. The molecule has 0 radical (unpaired) electrons. The normalized spacial score (nSPS) is 10.9. The lowest BCUT2D eigenvalue weighted by Gasteiger charge is -1.98. The SMILES string of the molecule is CCCCCC/C=N/NC(=O)CCCCC. The number of hydrogen-bond acceptors (Lipinski definition) is 2. The Kier molecular flexibility index (Phi) is 11.6. The van der Waals surface area contributed by atoms with Gasteiger partial charge in [-0.05, 0) is 19.3 Å². The van der Waals surface area contributed by atoms with Crippen LogP contribution in [0.25, 0.3) is 0 Å². The van der Waals surface area contributed by atoms with E-state index in [1.165, 1.54) is 25.7 Å². The van der Waals surface area contributed by atoms with Crippen LogP contribution in [0, 0.1) is 0 Å². The first-order chi connectivity index (χ1) is 7.81. The van der Waals surface area contributed by atoms with Crippen molar-refractivity contribution in [2.75, 3.05) is 0 Å². The maximum atomic E-state index is 11.2. The molecular weight excluding hydrogens is 200 g/mol. The van der Waals surface area contributed by atoms with Gasteiger partial charge in [0.05, 0.1) is 0 Å². The summed E-state index contributed by atoms with van der Waals surface area (Å²) >= 11 is 0. The number of carbonyl (C=O) groups excluding carboxylic acids is 1. The molecule has 0 saturated heterocycles. The average Bonchev–Trinajstić information content (AvgIpc) is 2.28. The topological polar surface area (TPSA) is 41.5 Å². The lowest BCUT2D eigenvalue weighted by atomic mass is 10.2. The van der Waals surface area contributed by atoms with Crippen LogP contribution in [-0.2, 0) is 4.79 Å². The molecule has 0 saturated carbocycles. The molecule has 0 aliphatic heterocycles. The molecule has 0 unspecified atom stereocenters. The first kappa shape index (κ1) is 15.1. The van der Waals surface area contributed by atoms with E-state index in [2.05, 4.69) is 24.4 Å². The highest BCUT2D eigenvalue weighted by Crippen LogP contribution is 2.00. The number of nitrogens with zero attached hydrogens (tertiary/aromatic N) is 1. The van der Waals surface area contributed by atoms with Gasteiger partial charge in [0.1, 0.15) is 0 Å². The van der Waals surface area contributed by atoms with Crippen molar-refractivity contribution in [1.29, 1.82) is 0 Å². The Bertz CT molecular complexity index is 190. The van der Waals surface area contributed by atoms with Gasteiger partial charge in [0.25, 0.3) is 0 Å². The van der Waals surface area contributed by atoms with Crippen molar-refractivity contribution in [3.63, 3.8) is 0 Å². The van der Waals surface area contributed by atoms with Crippen LogP contribution in [0.5, 0.6) is 0 Å². The van der Waals surface area contributed by atoms with Crippen molar-refractivity contribution in [2.45, 2.75) is 71.6 Å². The van der Waals surface area contributed by atoms with Crippen molar-refractivity contribution in [2.24, 2.45) is 5.10 Å². The fourth-order valence-corrected chi connectivity index (χ4v) is 1.44. The Balaban J connectivity index is 3.27. The monoisotopic (exact) mass is 226 g/mol. The largest absolute Gasteiger partial charge is 0.273 e. The lowest BCUT2D eigenvalue weighted by molar-refractivity contribution is -0.121. The minimum atomic E-state index is 0.0401. The molecule has 3 nitrogen and oxygen atoms in total. The summed E-state index contributed by atoms with van der Waals surface area (Å²) in [6.45, 7) is 4.33. The van der Waals surface area contributed by atoms with Crippen LogP contribution in [-0.4, -0.2) is 12.1 Å². The highest BCUT2D eigenvalue weighted by molar-refractivity contribution is 5.76. The fraction of sp³-hybridized carbons (Fsp3) is 0.846. The second-order valence-corrected chi connectivity index (χ2v) is 4.15. The summed E-state index contributed by atoms with van der Waals surface area (Å²) < 4.78 is 0. The average molecular weight is 226 g/mol. The third-order valence-corrected chi connectivity index (χ3v) is 2.47. The van der Waals surface area contributed by atoms with Gasteiger partial charge in [-0.2, -0.15) is 5.10 Å². The highest BCUT2D eigenvalue weighted by atomic mass is 16.2. The van der Waals surface area contributed by atoms with Gasteiger partial charge in [0.2, 0.25) is 5.91 Å². The van der Waals surface area contributed by atoms with E-state index in [0.29, 0.717) is 6.42 Å². The fourth-order valence-electron chi connectivity index (χ4n) is 1.44. The molecule has 1 amide bonds. The predicted molar refractivity (Wildman–Crippen MR) is 69.5 cm³/mol. The van der Waals surface area contributed by atoms with E-state index >= 15 is 0 Å². The van der Waals surface area contributed by atoms with Crippen LogP contribution in [0.1, 0.15) is 71.6 Å². The minimum Gasteiger partial charge on any atom is -0.273 e. The summed E-state index contributed by atoms with van der Waals surface area (Å²) in [4.78, 5) is 11.2. The summed E-state index contributed by atoms with van der Waals surface area (Å²) in [6, 6.07) is 0. The smallest absolute Gasteiger partial charge is 0.240 e. The van der Waals surface area contributed by atoms with Crippen LogP contribution in [0.2, 0.25) is 0 Å². The van der Waals surface area contributed by atoms with Crippen LogP contribution >= 0.6 is 0 Å². The highest BCUT2D eigenvalue weighted by Gasteiger charge is 1.97. The molecule has 0 aliphatic rings. The molecule has 0 heterocycles. The van der Waals surface area contributed by atoms with Crippen molar-refractivity contribution < 1.29 is 4.79 Å². The van der Waals surface area contributed by atoms with Crippen molar-refractivity contribution >= 4 is 12.1 Å². The molecule has 3 heteroatoms. The summed E-state index contributed by atoms with van der Waals surface area (Å²) in [5.74, 6) is 0.0401. The molecule has 0 spiro atoms. The molecule has 1 N–H and O–H groups in total. The maximum Gasteiger partial charge on any atom is 0.240 e. The Morgan fingerprint density at radius 1 is 1.06 bits per heavy atom. The van der Waals surface area contributed by atoms with Gasteiger partial charge in [-0.25, -0.2) is 5.43 Å². The number of hydrazone groups is 1. The van der Waals surface area contributed by atoms with Crippen molar-refractivity contribution in [3.05, 3.63) is 0 Å². The zero-order valence-electron chi connectivity index (χ0n) is 10.8. The third kappa shape index (κ3) is 11.2. The molecule has 0 fully saturated rings. The van der Waals surface area contributed by atoms with Crippen LogP contribution in [0.3, 0.4) is 0 Å². The Labute approximate surface area is 99.7 Å². The molecule has 0 bridgehead atoms. The quantitative estimate of drug-likeness (QED) is 0.345. The lowest BCUT2D eigenvalue weighted by Crippen LogP contribution is -2.16. The van der Waals surface area contributed by atoms with Crippen LogP contribution < -0.4 is 5.43 Å². The Morgan fingerprint density at radius 3 is 2.44 bits per heavy atom. The minimum absolute atomic E-state index is 0.0401. The zero-order chi connectivity index (χ0) is 12.1. The first-order valence-electron chi connectivity index (χ1n) is 6.61. The van der Waals surface area contributed by atoms with Crippen LogP contribution in [0.15, 0.2) is 5.10 Å². The summed E-state index contributed by atoms with van der Waals surface area (Å²) in [6.07, 6.45) is 11.6. The molecule has 16 heavy (non-hydrogen) atoms. The van der Waals surface area contributed by atoms with E-state index in [1.807, 2.05) is 6.21 Å².